The monoisotopic (exact) mass is 272 g/mol. The number of rotatable bonds is 6. The van der Waals surface area contributed by atoms with Crippen molar-refractivity contribution in [2.75, 3.05) is 33.8 Å². The summed E-state index contributed by atoms with van der Waals surface area (Å²) in [5.41, 5.74) is 1.12. The van der Waals surface area contributed by atoms with Gasteiger partial charge in [0.15, 0.2) is 6.61 Å². The molecule has 0 aliphatic carbocycles. The molecule has 0 spiro atoms. The van der Waals surface area contributed by atoms with Gasteiger partial charge in [-0.15, -0.1) is 12.4 Å². The van der Waals surface area contributed by atoms with Gasteiger partial charge in [-0.25, -0.2) is 0 Å². The summed E-state index contributed by atoms with van der Waals surface area (Å²) in [5.74, 6) is 0.724. The number of amides is 1. The first-order valence-electron chi connectivity index (χ1n) is 5.71. The number of ether oxygens (including phenoxy) is 1. The van der Waals surface area contributed by atoms with Gasteiger partial charge in [-0.05, 0) is 31.7 Å². The van der Waals surface area contributed by atoms with Crippen LogP contribution in [0.4, 0.5) is 0 Å². The quantitative estimate of drug-likeness (QED) is 0.853. The maximum atomic E-state index is 11.7. The van der Waals surface area contributed by atoms with Gasteiger partial charge in [-0.2, -0.15) is 0 Å². The van der Waals surface area contributed by atoms with Crippen molar-refractivity contribution in [3.8, 4) is 5.75 Å². The number of benzene rings is 1. The Hall–Kier alpha value is -1.26. The van der Waals surface area contributed by atoms with Gasteiger partial charge in [0, 0.05) is 20.1 Å². The summed E-state index contributed by atoms with van der Waals surface area (Å²) in [6, 6.07) is 7.68. The van der Waals surface area contributed by atoms with Gasteiger partial charge >= 0.3 is 0 Å². The number of hydrogen-bond acceptors (Lipinski definition) is 3. The fourth-order valence-corrected chi connectivity index (χ4v) is 1.36. The van der Waals surface area contributed by atoms with E-state index in [0.29, 0.717) is 6.54 Å². The average Bonchev–Trinajstić information content (AvgIpc) is 2.33. The molecule has 0 saturated carbocycles. The fourth-order valence-electron chi connectivity index (χ4n) is 1.36. The minimum absolute atomic E-state index is 0. The van der Waals surface area contributed by atoms with Crippen LogP contribution < -0.4 is 10.1 Å². The van der Waals surface area contributed by atoms with Crippen LogP contribution in [0.3, 0.4) is 0 Å². The highest BCUT2D eigenvalue weighted by molar-refractivity contribution is 5.85. The highest BCUT2D eigenvalue weighted by Crippen LogP contribution is 2.12. The average molecular weight is 273 g/mol. The maximum Gasteiger partial charge on any atom is 0.260 e. The lowest BCUT2D eigenvalue weighted by Gasteiger charge is -2.17. The molecule has 0 aliphatic heterocycles. The summed E-state index contributed by atoms with van der Waals surface area (Å²) < 4.78 is 5.44. The minimum atomic E-state index is -0.0123. The summed E-state index contributed by atoms with van der Waals surface area (Å²) in [7, 11) is 3.64. The van der Waals surface area contributed by atoms with E-state index >= 15 is 0 Å². The Balaban J connectivity index is 0.00000289. The molecule has 5 heteroatoms. The van der Waals surface area contributed by atoms with Crippen LogP contribution in [-0.2, 0) is 4.79 Å². The predicted molar refractivity (Wildman–Crippen MR) is 75.5 cm³/mol. The summed E-state index contributed by atoms with van der Waals surface area (Å²) in [5, 5.41) is 3.00. The third kappa shape index (κ3) is 5.89. The Morgan fingerprint density at radius 1 is 1.44 bits per heavy atom. The largest absolute Gasteiger partial charge is 0.484 e. The number of halogens is 1. The van der Waals surface area contributed by atoms with Crippen molar-refractivity contribution in [3.05, 3.63) is 29.8 Å². The SMILES string of the molecule is CNCCN(C)C(=O)COc1cccc(C)c1.Cl. The van der Waals surface area contributed by atoms with Crippen molar-refractivity contribution in [3.63, 3.8) is 0 Å². The molecule has 0 atom stereocenters. The Labute approximate surface area is 115 Å². The highest BCUT2D eigenvalue weighted by atomic mass is 35.5. The molecule has 1 aromatic rings. The van der Waals surface area contributed by atoms with E-state index in [4.69, 9.17) is 4.74 Å². The summed E-state index contributed by atoms with van der Waals surface area (Å²) in [6.45, 7) is 3.55. The molecular weight excluding hydrogens is 252 g/mol. The molecule has 1 aromatic carbocycles. The molecule has 0 saturated heterocycles. The zero-order valence-electron chi connectivity index (χ0n) is 11.1. The van der Waals surface area contributed by atoms with Gasteiger partial charge in [0.25, 0.3) is 5.91 Å². The Kier molecular flexibility index (Phi) is 8.16. The molecule has 0 aliphatic rings. The number of nitrogens with zero attached hydrogens (tertiary/aromatic N) is 1. The van der Waals surface area contributed by atoms with Gasteiger partial charge in [-0.3, -0.25) is 4.79 Å². The fraction of sp³-hybridized carbons (Fsp3) is 0.462. The zero-order chi connectivity index (χ0) is 12.7. The van der Waals surface area contributed by atoms with Crippen molar-refractivity contribution in [1.82, 2.24) is 10.2 Å². The second-order valence-corrected chi connectivity index (χ2v) is 4.02. The number of carbonyl (C=O) groups excluding carboxylic acids is 1. The summed E-state index contributed by atoms with van der Waals surface area (Å²) in [6.07, 6.45) is 0. The van der Waals surface area contributed by atoms with Crippen molar-refractivity contribution >= 4 is 18.3 Å². The number of carbonyl (C=O) groups is 1. The van der Waals surface area contributed by atoms with Gasteiger partial charge < -0.3 is 15.0 Å². The van der Waals surface area contributed by atoms with Crippen LogP contribution in [0, 0.1) is 6.92 Å². The lowest BCUT2D eigenvalue weighted by atomic mass is 10.2. The number of hydrogen-bond donors (Lipinski definition) is 1. The molecule has 4 nitrogen and oxygen atoms in total. The number of nitrogens with one attached hydrogen (secondary N) is 1. The van der Waals surface area contributed by atoms with Crippen LogP contribution >= 0.6 is 12.4 Å². The first kappa shape index (κ1) is 16.7. The van der Waals surface area contributed by atoms with E-state index in [9.17, 15) is 4.79 Å². The first-order chi connectivity index (χ1) is 8.13. The maximum absolute atomic E-state index is 11.7. The zero-order valence-corrected chi connectivity index (χ0v) is 11.9. The Morgan fingerprint density at radius 2 is 2.17 bits per heavy atom. The first-order valence-corrected chi connectivity index (χ1v) is 5.71. The van der Waals surface area contributed by atoms with Crippen molar-refractivity contribution in [2.24, 2.45) is 0 Å². The number of likely N-dealkylation sites (N-methyl/N-ethyl adjacent to an activating group) is 2. The molecule has 0 heterocycles. The van der Waals surface area contributed by atoms with Crippen LogP contribution in [0.2, 0.25) is 0 Å². The molecule has 1 N–H and O–H groups in total. The molecule has 102 valence electrons. The van der Waals surface area contributed by atoms with Crippen LogP contribution in [-0.4, -0.2) is 44.6 Å². The summed E-state index contributed by atoms with van der Waals surface area (Å²) >= 11 is 0. The third-order valence-corrected chi connectivity index (χ3v) is 2.47. The van der Waals surface area contributed by atoms with Crippen LogP contribution in [0.15, 0.2) is 24.3 Å². The third-order valence-electron chi connectivity index (χ3n) is 2.47. The van der Waals surface area contributed by atoms with E-state index in [-0.39, 0.29) is 24.9 Å². The standard InChI is InChI=1S/C13H20N2O2.ClH/c1-11-5-4-6-12(9-11)17-10-13(16)15(3)8-7-14-2;/h4-6,9,14H,7-8,10H2,1-3H3;1H. The smallest absolute Gasteiger partial charge is 0.260 e. The predicted octanol–water partition coefficient (Wildman–Crippen LogP) is 1.47. The highest BCUT2D eigenvalue weighted by Gasteiger charge is 2.08. The van der Waals surface area contributed by atoms with Crippen LogP contribution in [0.5, 0.6) is 5.75 Å². The van der Waals surface area contributed by atoms with Crippen LogP contribution in [0.25, 0.3) is 0 Å². The lowest BCUT2D eigenvalue weighted by Crippen LogP contribution is -2.35. The topological polar surface area (TPSA) is 41.6 Å². The molecular formula is C13H21ClN2O2. The van der Waals surface area contributed by atoms with E-state index in [1.807, 2.05) is 38.2 Å². The molecule has 0 radical (unpaired) electrons. The van der Waals surface area contributed by atoms with Crippen molar-refractivity contribution in [2.45, 2.75) is 6.92 Å². The van der Waals surface area contributed by atoms with E-state index in [2.05, 4.69) is 5.32 Å². The number of aryl methyl sites for hydroxylation is 1. The molecule has 0 bridgehead atoms. The minimum Gasteiger partial charge on any atom is -0.484 e. The second-order valence-electron chi connectivity index (χ2n) is 4.02. The van der Waals surface area contributed by atoms with Gasteiger partial charge in [0.05, 0.1) is 0 Å². The lowest BCUT2D eigenvalue weighted by molar-refractivity contribution is -0.131. The second kappa shape index (κ2) is 8.78. The molecule has 1 amide bonds. The van der Waals surface area contributed by atoms with E-state index < -0.39 is 0 Å². The Bertz CT molecular complexity index is 372. The van der Waals surface area contributed by atoms with Gasteiger partial charge in [0.1, 0.15) is 5.75 Å². The molecule has 18 heavy (non-hydrogen) atoms. The molecule has 0 aromatic heterocycles. The van der Waals surface area contributed by atoms with E-state index in [1.165, 1.54) is 0 Å². The van der Waals surface area contributed by atoms with E-state index in [1.54, 1.807) is 11.9 Å². The molecule has 0 unspecified atom stereocenters. The van der Waals surface area contributed by atoms with Crippen molar-refractivity contribution < 1.29 is 9.53 Å². The summed E-state index contributed by atoms with van der Waals surface area (Å²) in [4.78, 5) is 13.3. The van der Waals surface area contributed by atoms with Gasteiger partial charge in [-0.1, -0.05) is 12.1 Å². The van der Waals surface area contributed by atoms with Crippen molar-refractivity contribution in [1.29, 1.82) is 0 Å². The van der Waals surface area contributed by atoms with Gasteiger partial charge in [0.2, 0.25) is 0 Å². The normalized spacial score (nSPS) is 9.50. The van der Waals surface area contributed by atoms with E-state index in [0.717, 1.165) is 17.9 Å². The molecule has 1 rings (SSSR count). The molecule has 0 fully saturated rings. The van der Waals surface area contributed by atoms with Crippen LogP contribution in [0.1, 0.15) is 5.56 Å². The Morgan fingerprint density at radius 3 is 2.78 bits per heavy atom.